The van der Waals surface area contributed by atoms with E-state index in [-0.39, 0.29) is 24.9 Å². The number of amides is 1. The first-order valence-electron chi connectivity index (χ1n) is 10.3. The average molecular weight is 489 g/mol. The molecule has 0 bridgehead atoms. The van der Waals surface area contributed by atoms with Crippen molar-refractivity contribution < 1.29 is 23.8 Å². The molecule has 174 valence electrons. The Morgan fingerprint density at radius 2 is 1.94 bits per heavy atom. The third-order valence-electron chi connectivity index (χ3n) is 4.67. The molecule has 3 rings (SSSR count). The molecule has 0 spiro atoms. The van der Waals surface area contributed by atoms with Gasteiger partial charge in [-0.1, -0.05) is 23.7 Å². The topological polar surface area (TPSA) is 78.0 Å². The fourth-order valence-electron chi connectivity index (χ4n) is 3.09. The summed E-state index contributed by atoms with van der Waals surface area (Å²) in [4.78, 5) is 30.3. The minimum absolute atomic E-state index is 0.0319. The second-order valence-corrected chi connectivity index (χ2v) is 8.44. The maximum absolute atomic E-state index is 12.3. The molecule has 1 amide bonds. The molecule has 0 N–H and O–H groups in total. The lowest BCUT2D eigenvalue weighted by Crippen LogP contribution is -2.23. The lowest BCUT2D eigenvalue weighted by atomic mass is 10.2. The minimum Gasteiger partial charge on any atom is -0.495 e. The van der Waals surface area contributed by atoms with E-state index in [9.17, 15) is 9.59 Å². The summed E-state index contributed by atoms with van der Waals surface area (Å²) in [5.41, 5.74) is 2.11. The molecule has 3 aromatic rings. The number of halogens is 1. The van der Waals surface area contributed by atoms with Crippen LogP contribution in [0.1, 0.15) is 31.0 Å². The lowest BCUT2D eigenvalue weighted by molar-refractivity contribution is -0.145. The summed E-state index contributed by atoms with van der Waals surface area (Å²) in [6.45, 7) is 3.80. The van der Waals surface area contributed by atoms with Crippen LogP contribution in [0.4, 0.5) is 10.8 Å². The van der Waals surface area contributed by atoms with Gasteiger partial charge < -0.3 is 14.2 Å². The number of carbonyl (C=O) groups excluding carboxylic acids is 2. The van der Waals surface area contributed by atoms with Crippen molar-refractivity contribution in [1.82, 2.24) is 4.98 Å². The number of esters is 1. The third-order valence-corrected chi connectivity index (χ3v) is 5.78. The Kier molecular flexibility index (Phi) is 8.68. The molecule has 0 aliphatic rings. The second kappa shape index (κ2) is 11.7. The summed E-state index contributed by atoms with van der Waals surface area (Å²) in [5, 5.41) is 2.90. The molecule has 0 atom stereocenters. The van der Waals surface area contributed by atoms with Gasteiger partial charge in [-0.15, -0.1) is 11.3 Å². The molecule has 0 aliphatic carbocycles. The van der Waals surface area contributed by atoms with Crippen LogP contribution in [0.15, 0.2) is 47.8 Å². The maximum Gasteiger partial charge on any atom is 0.306 e. The summed E-state index contributed by atoms with van der Waals surface area (Å²) in [6, 6.07) is 12.6. The number of nitrogens with zero attached hydrogens (tertiary/aromatic N) is 2. The van der Waals surface area contributed by atoms with Gasteiger partial charge in [-0.3, -0.25) is 14.5 Å². The number of para-hydroxylation sites is 2. The van der Waals surface area contributed by atoms with E-state index in [1.54, 1.807) is 30.7 Å². The van der Waals surface area contributed by atoms with Crippen LogP contribution in [0.2, 0.25) is 5.02 Å². The van der Waals surface area contributed by atoms with Crippen LogP contribution in [-0.2, 0) is 20.9 Å². The Balaban J connectivity index is 1.50. The van der Waals surface area contributed by atoms with Crippen LogP contribution in [0, 0.1) is 6.92 Å². The van der Waals surface area contributed by atoms with Gasteiger partial charge in [0.1, 0.15) is 18.1 Å². The Labute approximate surface area is 201 Å². The summed E-state index contributed by atoms with van der Waals surface area (Å²) in [6.07, 6.45) is 0.750. The number of hydrogen-bond donors (Lipinski definition) is 0. The predicted octanol–water partition coefficient (Wildman–Crippen LogP) is 5.70. The molecule has 0 radical (unpaired) electrons. The largest absolute Gasteiger partial charge is 0.495 e. The number of ether oxygens (including phenoxy) is 3. The monoisotopic (exact) mass is 488 g/mol. The van der Waals surface area contributed by atoms with Crippen LogP contribution in [-0.4, -0.2) is 30.6 Å². The highest BCUT2D eigenvalue weighted by Crippen LogP contribution is 2.35. The van der Waals surface area contributed by atoms with E-state index >= 15 is 0 Å². The zero-order valence-electron chi connectivity index (χ0n) is 18.7. The van der Waals surface area contributed by atoms with E-state index in [1.165, 1.54) is 23.2 Å². The molecule has 1 heterocycles. The third kappa shape index (κ3) is 6.69. The first kappa shape index (κ1) is 24.5. The van der Waals surface area contributed by atoms with Gasteiger partial charge in [0.15, 0.2) is 5.13 Å². The average Bonchev–Trinajstić information content (AvgIpc) is 3.25. The van der Waals surface area contributed by atoms with E-state index in [0.29, 0.717) is 40.3 Å². The Hall–Kier alpha value is -3.10. The van der Waals surface area contributed by atoms with Crippen LogP contribution in [0.5, 0.6) is 11.5 Å². The molecule has 9 heteroatoms. The molecule has 0 saturated carbocycles. The quantitative estimate of drug-likeness (QED) is 0.269. The number of methoxy groups -OCH3 is 1. The van der Waals surface area contributed by atoms with Crippen molar-refractivity contribution in [1.29, 1.82) is 0 Å². The van der Waals surface area contributed by atoms with E-state index in [0.717, 1.165) is 11.3 Å². The van der Waals surface area contributed by atoms with Crippen LogP contribution in [0.3, 0.4) is 0 Å². The minimum atomic E-state index is -0.339. The number of aryl methyl sites for hydroxylation is 1. The summed E-state index contributed by atoms with van der Waals surface area (Å²) >= 11 is 7.23. The van der Waals surface area contributed by atoms with Crippen molar-refractivity contribution >= 4 is 45.6 Å². The van der Waals surface area contributed by atoms with Gasteiger partial charge in [0.05, 0.1) is 25.1 Å². The van der Waals surface area contributed by atoms with E-state index in [1.807, 2.05) is 31.2 Å². The van der Waals surface area contributed by atoms with Crippen LogP contribution in [0.25, 0.3) is 0 Å². The number of rotatable bonds is 10. The highest BCUT2D eigenvalue weighted by Gasteiger charge is 2.21. The Morgan fingerprint density at radius 1 is 1.15 bits per heavy atom. The first-order valence-corrected chi connectivity index (χ1v) is 11.6. The number of anilines is 2. The molecule has 0 aliphatic heterocycles. The van der Waals surface area contributed by atoms with Gasteiger partial charge in [-0.2, -0.15) is 0 Å². The van der Waals surface area contributed by atoms with E-state index < -0.39 is 0 Å². The van der Waals surface area contributed by atoms with Crippen molar-refractivity contribution in [2.45, 2.75) is 33.3 Å². The molecule has 2 aromatic carbocycles. The normalized spacial score (nSPS) is 10.5. The van der Waals surface area contributed by atoms with Crippen LogP contribution < -0.4 is 14.4 Å². The number of thiazole rings is 1. The number of aromatic nitrogens is 1. The molecule has 0 fully saturated rings. The lowest BCUT2D eigenvalue weighted by Gasteiger charge is -2.20. The molecular formula is C24H25ClN2O5S. The van der Waals surface area contributed by atoms with Gasteiger partial charge in [-0.25, -0.2) is 4.98 Å². The second-order valence-electron chi connectivity index (χ2n) is 7.17. The van der Waals surface area contributed by atoms with Crippen molar-refractivity contribution in [3.63, 3.8) is 0 Å². The number of carbonyl (C=O) groups is 2. The summed E-state index contributed by atoms with van der Waals surface area (Å²) < 4.78 is 16.4. The van der Waals surface area contributed by atoms with E-state index in [2.05, 4.69) is 4.98 Å². The molecular weight excluding hydrogens is 464 g/mol. The highest BCUT2D eigenvalue weighted by atomic mass is 35.5. The SMILES string of the molecule is COc1ccccc1N(C(C)=O)c1nc(COC(=O)CCCOc2ccc(Cl)cc2C)cs1. The number of benzene rings is 2. The fourth-order valence-corrected chi connectivity index (χ4v) is 4.18. The van der Waals surface area contributed by atoms with Gasteiger partial charge in [0, 0.05) is 23.7 Å². The predicted molar refractivity (Wildman–Crippen MR) is 129 cm³/mol. The number of hydrogen-bond acceptors (Lipinski definition) is 7. The first-order chi connectivity index (χ1) is 15.9. The highest BCUT2D eigenvalue weighted by molar-refractivity contribution is 7.14. The molecule has 33 heavy (non-hydrogen) atoms. The molecule has 0 saturated heterocycles. The van der Waals surface area contributed by atoms with Gasteiger partial charge in [-0.05, 0) is 49.2 Å². The Morgan fingerprint density at radius 3 is 2.67 bits per heavy atom. The van der Waals surface area contributed by atoms with Gasteiger partial charge in [0.2, 0.25) is 5.91 Å². The fraction of sp³-hybridized carbons (Fsp3) is 0.292. The van der Waals surface area contributed by atoms with Gasteiger partial charge >= 0.3 is 5.97 Å². The summed E-state index contributed by atoms with van der Waals surface area (Å²) in [7, 11) is 1.55. The van der Waals surface area contributed by atoms with Crippen molar-refractivity contribution in [2.24, 2.45) is 0 Å². The maximum atomic E-state index is 12.3. The van der Waals surface area contributed by atoms with Crippen molar-refractivity contribution in [3.05, 3.63) is 64.1 Å². The zero-order chi connectivity index (χ0) is 23.8. The molecule has 1 aromatic heterocycles. The standard InChI is InChI=1S/C24H25ClN2O5S/c1-16-13-18(25)10-11-21(16)31-12-6-9-23(29)32-14-19-15-33-24(26-19)27(17(2)28)20-7-4-5-8-22(20)30-3/h4-5,7-8,10-11,13,15H,6,9,12,14H2,1-3H3. The van der Waals surface area contributed by atoms with Crippen LogP contribution >= 0.6 is 22.9 Å². The zero-order valence-corrected chi connectivity index (χ0v) is 20.2. The van der Waals surface area contributed by atoms with Gasteiger partial charge in [0.25, 0.3) is 0 Å². The molecule has 0 unspecified atom stereocenters. The van der Waals surface area contributed by atoms with Crippen molar-refractivity contribution in [3.8, 4) is 11.5 Å². The van der Waals surface area contributed by atoms with E-state index in [4.69, 9.17) is 25.8 Å². The molecule has 7 nitrogen and oxygen atoms in total. The smallest absolute Gasteiger partial charge is 0.306 e. The summed E-state index contributed by atoms with van der Waals surface area (Å²) in [5.74, 6) is 0.766. The Bertz CT molecular complexity index is 1120. The van der Waals surface area contributed by atoms with Crippen molar-refractivity contribution in [2.75, 3.05) is 18.6 Å².